The van der Waals surface area contributed by atoms with E-state index in [-0.39, 0.29) is 18.6 Å². The summed E-state index contributed by atoms with van der Waals surface area (Å²) in [4.78, 5) is 10.3. The van der Waals surface area contributed by atoms with Crippen molar-refractivity contribution in [2.45, 2.75) is 118 Å². The lowest BCUT2D eigenvalue weighted by molar-refractivity contribution is -0.137. The van der Waals surface area contributed by atoms with E-state index in [1.807, 2.05) is 0 Å². The van der Waals surface area contributed by atoms with E-state index in [1.165, 1.54) is 70.6 Å². The Hall–Kier alpha value is -0.610. The summed E-state index contributed by atoms with van der Waals surface area (Å²) in [6.07, 6.45) is 17.3. The molecule has 0 heterocycles. The first-order valence-electron chi connectivity index (χ1n) is 11.2. The van der Waals surface area contributed by atoms with Crippen LogP contribution in [-0.4, -0.2) is 34.5 Å². The van der Waals surface area contributed by atoms with Crippen LogP contribution in [0.15, 0.2) is 0 Å². The Morgan fingerprint density at radius 1 is 0.704 bits per heavy atom. The van der Waals surface area contributed by atoms with Crippen molar-refractivity contribution in [2.75, 3.05) is 13.2 Å². The molecule has 0 rings (SSSR count). The number of hydrogen-bond donors (Lipinski definition) is 3. The molecule has 0 bridgehead atoms. The van der Waals surface area contributed by atoms with Crippen molar-refractivity contribution >= 4 is 5.97 Å². The van der Waals surface area contributed by atoms with Crippen molar-refractivity contribution < 1.29 is 20.1 Å². The normalized spacial score (nSPS) is 11.4. The van der Waals surface area contributed by atoms with E-state index in [0.717, 1.165) is 18.8 Å². The Kier molecular flexibility index (Phi) is 21.3. The molecule has 0 atom stereocenters. The van der Waals surface area contributed by atoms with Gasteiger partial charge in [-0.25, -0.2) is 0 Å². The van der Waals surface area contributed by atoms with Gasteiger partial charge in [-0.05, 0) is 12.3 Å². The summed E-state index contributed by atoms with van der Waals surface area (Å²) in [6.45, 7) is 8.30. The van der Waals surface area contributed by atoms with Gasteiger partial charge in [0.1, 0.15) is 0 Å². The second kappa shape index (κ2) is 20.1. The zero-order valence-corrected chi connectivity index (χ0v) is 18.6. The molecular weight excluding hydrogens is 340 g/mol. The zero-order valence-electron chi connectivity index (χ0n) is 18.6. The van der Waals surface area contributed by atoms with E-state index in [4.69, 9.17) is 15.3 Å². The molecule has 0 aromatic rings. The van der Waals surface area contributed by atoms with Gasteiger partial charge >= 0.3 is 5.97 Å². The molecule has 0 spiro atoms. The maximum Gasteiger partial charge on any atom is 0.303 e. The van der Waals surface area contributed by atoms with E-state index in [1.54, 1.807) is 13.8 Å². The topological polar surface area (TPSA) is 77.8 Å². The van der Waals surface area contributed by atoms with Gasteiger partial charge in [0, 0.05) is 11.8 Å². The maximum absolute atomic E-state index is 10.3. The number of hydrogen-bond acceptors (Lipinski definition) is 3. The van der Waals surface area contributed by atoms with Gasteiger partial charge in [-0.1, -0.05) is 105 Å². The molecule has 3 N–H and O–H groups in total. The molecule has 0 aliphatic heterocycles. The standard InChI is InChI=1S/C18H36O2.C5H12O2/c1-17(2)15-13-11-9-7-5-3-4-6-8-10-12-14-16-18(19)20;1-5(2,3-6)4-7/h17H,3-16H2,1-2H3,(H,19,20);6-7H,3-4H2,1-2H3. The molecule has 0 fully saturated rings. The largest absolute Gasteiger partial charge is 0.481 e. The Morgan fingerprint density at radius 2 is 1.04 bits per heavy atom. The minimum atomic E-state index is -0.654. The zero-order chi connectivity index (χ0) is 21.0. The summed E-state index contributed by atoms with van der Waals surface area (Å²) in [5.41, 5.74) is -0.306. The van der Waals surface area contributed by atoms with Gasteiger partial charge in [0.15, 0.2) is 0 Å². The highest BCUT2D eigenvalue weighted by molar-refractivity contribution is 5.66. The number of aliphatic hydroxyl groups excluding tert-OH is 2. The Balaban J connectivity index is 0. The van der Waals surface area contributed by atoms with E-state index >= 15 is 0 Å². The fourth-order valence-corrected chi connectivity index (χ4v) is 2.65. The summed E-state index contributed by atoms with van der Waals surface area (Å²) >= 11 is 0. The van der Waals surface area contributed by atoms with E-state index in [2.05, 4.69) is 13.8 Å². The third-order valence-electron chi connectivity index (χ3n) is 4.78. The fraction of sp³-hybridized carbons (Fsp3) is 0.957. The Morgan fingerprint density at radius 3 is 1.30 bits per heavy atom. The highest BCUT2D eigenvalue weighted by atomic mass is 16.4. The van der Waals surface area contributed by atoms with Crippen molar-refractivity contribution in [3.05, 3.63) is 0 Å². The quantitative estimate of drug-likeness (QED) is 0.260. The maximum atomic E-state index is 10.3. The van der Waals surface area contributed by atoms with E-state index < -0.39 is 5.97 Å². The van der Waals surface area contributed by atoms with Gasteiger partial charge in [0.05, 0.1) is 13.2 Å². The highest BCUT2D eigenvalue weighted by Gasteiger charge is 2.13. The van der Waals surface area contributed by atoms with Crippen LogP contribution in [0.1, 0.15) is 118 Å². The van der Waals surface area contributed by atoms with Gasteiger partial charge in [-0.2, -0.15) is 0 Å². The van der Waals surface area contributed by atoms with Crippen LogP contribution in [0.25, 0.3) is 0 Å². The minimum absolute atomic E-state index is 0.0451. The van der Waals surface area contributed by atoms with Crippen LogP contribution >= 0.6 is 0 Å². The highest BCUT2D eigenvalue weighted by Crippen LogP contribution is 2.14. The van der Waals surface area contributed by atoms with Crippen LogP contribution in [0.5, 0.6) is 0 Å². The van der Waals surface area contributed by atoms with Crippen molar-refractivity contribution in [3.63, 3.8) is 0 Å². The molecule has 0 amide bonds. The van der Waals surface area contributed by atoms with Crippen LogP contribution in [-0.2, 0) is 4.79 Å². The summed E-state index contributed by atoms with van der Waals surface area (Å²) in [5, 5.41) is 25.4. The summed E-state index contributed by atoms with van der Waals surface area (Å²) < 4.78 is 0. The first-order chi connectivity index (χ1) is 12.7. The van der Waals surface area contributed by atoms with Gasteiger partial charge in [0.25, 0.3) is 0 Å². The van der Waals surface area contributed by atoms with Crippen molar-refractivity contribution in [1.29, 1.82) is 0 Å². The molecule has 0 aliphatic carbocycles. The van der Waals surface area contributed by atoms with Gasteiger partial charge in [-0.3, -0.25) is 4.79 Å². The number of carboxylic acids is 1. The molecule has 27 heavy (non-hydrogen) atoms. The molecule has 4 nitrogen and oxygen atoms in total. The summed E-state index contributed by atoms with van der Waals surface area (Å²) in [5.74, 6) is 0.212. The van der Waals surface area contributed by atoms with Gasteiger partial charge < -0.3 is 15.3 Å². The molecule has 0 aromatic heterocycles. The third-order valence-corrected chi connectivity index (χ3v) is 4.78. The molecule has 0 saturated heterocycles. The van der Waals surface area contributed by atoms with Crippen LogP contribution in [0.2, 0.25) is 0 Å². The third kappa shape index (κ3) is 27.7. The molecule has 0 saturated carbocycles. The van der Waals surface area contributed by atoms with Crippen LogP contribution < -0.4 is 0 Å². The fourth-order valence-electron chi connectivity index (χ4n) is 2.65. The summed E-state index contributed by atoms with van der Waals surface area (Å²) in [7, 11) is 0. The molecule has 0 aliphatic rings. The van der Waals surface area contributed by atoms with Crippen molar-refractivity contribution in [3.8, 4) is 0 Å². The lowest BCUT2D eigenvalue weighted by Gasteiger charge is -2.16. The molecule has 0 aromatic carbocycles. The second-order valence-electron chi connectivity index (χ2n) is 9.05. The predicted molar refractivity (Wildman–Crippen MR) is 115 cm³/mol. The Labute approximate surface area is 168 Å². The van der Waals surface area contributed by atoms with Crippen LogP contribution in [0, 0.1) is 11.3 Å². The number of carbonyl (C=O) groups is 1. The molecule has 0 radical (unpaired) electrons. The van der Waals surface area contributed by atoms with Crippen molar-refractivity contribution in [2.24, 2.45) is 11.3 Å². The van der Waals surface area contributed by atoms with Crippen LogP contribution in [0.4, 0.5) is 0 Å². The summed E-state index contributed by atoms with van der Waals surface area (Å²) in [6, 6.07) is 0. The first kappa shape index (κ1) is 28.6. The number of unbranched alkanes of at least 4 members (excludes halogenated alkanes) is 11. The smallest absolute Gasteiger partial charge is 0.303 e. The SMILES string of the molecule is CC(C)(CO)CO.CC(C)CCCCCCCCCCCCCCC(=O)O. The molecule has 164 valence electrons. The number of rotatable bonds is 17. The average Bonchev–Trinajstić information content (AvgIpc) is 2.62. The predicted octanol–water partition coefficient (Wildman–Crippen LogP) is 6.19. The lowest BCUT2D eigenvalue weighted by atomic mass is 9.97. The number of aliphatic carboxylic acids is 1. The second-order valence-corrected chi connectivity index (χ2v) is 9.05. The number of carboxylic acid groups (broad SMARTS) is 1. The Bertz CT molecular complexity index is 308. The average molecular weight is 389 g/mol. The first-order valence-corrected chi connectivity index (χ1v) is 11.2. The van der Waals surface area contributed by atoms with Crippen molar-refractivity contribution in [1.82, 2.24) is 0 Å². The lowest BCUT2D eigenvalue weighted by Crippen LogP contribution is -2.20. The molecular formula is C23H48O4. The van der Waals surface area contributed by atoms with E-state index in [9.17, 15) is 4.79 Å². The monoisotopic (exact) mass is 388 g/mol. The minimum Gasteiger partial charge on any atom is -0.481 e. The van der Waals surface area contributed by atoms with Crippen LogP contribution in [0.3, 0.4) is 0 Å². The molecule has 4 heteroatoms. The van der Waals surface area contributed by atoms with E-state index in [0.29, 0.717) is 6.42 Å². The van der Waals surface area contributed by atoms with Gasteiger partial charge in [-0.15, -0.1) is 0 Å². The molecule has 0 unspecified atom stereocenters. The van der Waals surface area contributed by atoms with Gasteiger partial charge in [0.2, 0.25) is 0 Å². The number of aliphatic hydroxyl groups is 2.